The minimum atomic E-state index is 0.00741. The average Bonchev–Trinajstić information content (AvgIpc) is 3.23. The van der Waals surface area contributed by atoms with Gasteiger partial charge in [0.25, 0.3) is 0 Å². The van der Waals surface area contributed by atoms with Gasteiger partial charge in [-0.05, 0) is 30.9 Å². The summed E-state index contributed by atoms with van der Waals surface area (Å²) in [4.78, 5) is 29.6. The number of hydrogen-bond donors (Lipinski definition) is 0. The van der Waals surface area contributed by atoms with Gasteiger partial charge in [0, 0.05) is 19.3 Å². The molecule has 0 spiro atoms. The SMILES string of the molecule is CN(CC(=O)N1CC(=O)N(CC2CC2)C1)c1ccccc1. The van der Waals surface area contributed by atoms with Gasteiger partial charge in [0.1, 0.15) is 6.54 Å². The molecule has 0 atom stereocenters. The molecule has 1 aromatic carbocycles. The molecule has 2 amide bonds. The maximum Gasteiger partial charge on any atom is 0.243 e. The van der Waals surface area contributed by atoms with Crippen LogP contribution in [0.15, 0.2) is 30.3 Å². The van der Waals surface area contributed by atoms with Crippen LogP contribution in [0.5, 0.6) is 0 Å². The van der Waals surface area contributed by atoms with Crippen LogP contribution >= 0.6 is 0 Å². The Morgan fingerprint density at radius 1 is 1.29 bits per heavy atom. The second kappa shape index (κ2) is 5.76. The standard InChI is InChI=1S/C16H21N3O2/c1-17(14-5-3-2-4-6-14)10-15(20)19-11-16(21)18(12-19)9-13-7-8-13/h2-6,13H,7-12H2,1H3. The predicted octanol–water partition coefficient (Wildman–Crippen LogP) is 1.16. The fourth-order valence-corrected chi connectivity index (χ4v) is 2.61. The van der Waals surface area contributed by atoms with E-state index in [2.05, 4.69) is 0 Å². The van der Waals surface area contributed by atoms with E-state index in [1.165, 1.54) is 12.8 Å². The third-order valence-electron chi connectivity index (χ3n) is 4.12. The first-order valence-electron chi connectivity index (χ1n) is 7.45. The van der Waals surface area contributed by atoms with Crippen LogP contribution in [-0.2, 0) is 9.59 Å². The van der Waals surface area contributed by atoms with Crippen LogP contribution in [0.4, 0.5) is 5.69 Å². The Morgan fingerprint density at radius 2 is 2.00 bits per heavy atom. The van der Waals surface area contributed by atoms with Crippen LogP contribution < -0.4 is 4.90 Å². The number of rotatable bonds is 5. The Morgan fingerprint density at radius 3 is 2.67 bits per heavy atom. The van der Waals surface area contributed by atoms with E-state index in [9.17, 15) is 9.59 Å². The third kappa shape index (κ3) is 3.35. The number of benzene rings is 1. The average molecular weight is 287 g/mol. The summed E-state index contributed by atoms with van der Waals surface area (Å²) >= 11 is 0. The van der Waals surface area contributed by atoms with Gasteiger partial charge >= 0.3 is 0 Å². The quantitative estimate of drug-likeness (QED) is 0.816. The van der Waals surface area contributed by atoms with E-state index in [4.69, 9.17) is 0 Å². The van der Waals surface area contributed by atoms with Gasteiger partial charge in [0.2, 0.25) is 11.8 Å². The molecule has 1 aliphatic heterocycles. The molecular formula is C16H21N3O2. The number of nitrogens with zero attached hydrogens (tertiary/aromatic N) is 3. The molecule has 1 saturated carbocycles. The Labute approximate surface area is 125 Å². The van der Waals surface area contributed by atoms with Crippen molar-refractivity contribution >= 4 is 17.5 Å². The highest BCUT2D eigenvalue weighted by molar-refractivity contribution is 5.89. The molecule has 0 unspecified atom stereocenters. The van der Waals surface area contributed by atoms with Crippen LogP contribution in [0.25, 0.3) is 0 Å². The van der Waals surface area contributed by atoms with Gasteiger partial charge in [-0.2, -0.15) is 0 Å². The molecule has 5 heteroatoms. The Hall–Kier alpha value is -2.04. The van der Waals surface area contributed by atoms with E-state index in [1.54, 1.807) is 4.90 Å². The van der Waals surface area contributed by atoms with Gasteiger partial charge < -0.3 is 14.7 Å². The van der Waals surface area contributed by atoms with Crippen molar-refractivity contribution in [2.24, 2.45) is 5.92 Å². The van der Waals surface area contributed by atoms with Crippen LogP contribution in [0.3, 0.4) is 0 Å². The molecule has 0 N–H and O–H groups in total. The van der Waals surface area contributed by atoms with Gasteiger partial charge in [0.05, 0.1) is 13.2 Å². The highest BCUT2D eigenvalue weighted by Crippen LogP contribution is 2.30. The number of anilines is 1. The topological polar surface area (TPSA) is 43.9 Å². The minimum Gasteiger partial charge on any atom is -0.365 e. The van der Waals surface area contributed by atoms with Crippen molar-refractivity contribution in [2.45, 2.75) is 12.8 Å². The summed E-state index contributed by atoms with van der Waals surface area (Å²) in [5.41, 5.74) is 1.01. The zero-order valence-electron chi connectivity index (χ0n) is 12.4. The molecule has 2 fully saturated rings. The summed E-state index contributed by atoms with van der Waals surface area (Å²) in [5.74, 6) is 0.751. The van der Waals surface area contributed by atoms with Crippen molar-refractivity contribution in [3.05, 3.63) is 30.3 Å². The first-order valence-corrected chi connectivity index (χ1v) is 7.45. The number of carbonyl (C=O) groups is 2. The van der Waals surface area contributed by atoms with Crippen molar-refractivity contribution in [3.8, 4) is 0 Å². The first-order chi connectivity index (χ1) is 10.1. The highest BCUT2D eigenvalue weighted by atomic mass is 16.2. The lowest BCUT2D eigenvalue weighted by Crippen LogP contribution is -2.38. The van der Waals surface area contributed by atoms with Gasteiger partial charge in [0.15, 0.2) is 0 Å². The molecule has 0 aromatic heterocycles. The molecule has 1 heterocycles. The van der Waals surface area contributed by atoms with Gasteiger partial charge in [-0.15, -0.1) is 0 Å². The van der Waals surface area contributed by atoms with Crippen molar-refractivity contribution < 1.29 is 9.59 Å². The summed E-state index contributed by atoms with van der Waals surface area (Å²) < 4.78 is 0. The molecule has 0 bridgehead atoms. The maximum absolute atomic E-state index is 12.3. The summed E-state index contributed by atoms with van der Waals surface area (Å²) in [6.07, 6.45) is 2.43. The third-order valence-corrected chi connectivity index (χ3v) is 4.12. The maximum atomic E-state index is 12.3. The second-order valence-corrected chi connectivity index (χ2v) is 5.98. The first kappa shape index (κ1) is 13.9. The van der Waals surface area contributed by atoms with Crippen molar-refractivity contribution in [2.75, 3.05) is 38.3 Å². The predicted molar refractivity (Wildman–Crippen MR) is 80.7 cm³/mol. The molecule has 5 nitrogen and oxygen atoms in total. The zero-order chi connectivity index (χ0) is 14.8. The summed E-state index contributed by atoms with van der Waals surface area (Å²) in [7, 11) is 1.90. The molecule has 1 aromatic rings. The number of amides is 2. The molecule has 1 saturated heterocycles. The van der Waals surface area contributed by atoms with Crippen LogP contribution in [0, 0.1) is 5.92 Å². The Kier molecular flexibility index (Phi) is 3.82. The molecular weight excluding hydrogens is 266 g/mol. The van der Waals surface area contributed by atoms with Crippen molar-refractivity contribution in [3.63, 3.8) is 0 Å². The molecule has 2 aliphatic rings. The zero-order valence-corrected chi connectivity index (χ0v) is 12.4. The van der Waals surface area contributed by atoms with E-state index >= 15 is 0 Å². The van der Waals surface area contributed by atoms with Gasteiger partial charge in [-0.25, -0.2) is 0 Å². The lowest BCUT2D eigenvalue weighted by atomic mass is 10.3. The van der Waals surface area contributed by atoms with Crippen LogP contribution in [0.1, 0.15) is 12.8 Å². The summed E-state index contributed by atoms with van der Waals surface area (Å²) in [5, 5.41) is 0. The van der Waals surface area contributed by atoms with E-state index < -0.39 is 0 Å². The van der Waals surface area contributed by atoms with Crippen molar-refractivity contribution in [1.82, 2.24) is 9.80 Å². The highest BCUT2D eigenvalue weighted by Gasteiger charge is 2.34. The summed E-state index contributed by atoms with van der Waals surface area (Å²) in [6, 6.07) is 9.80. The normalized spacial score (nSPS) is 18.2. The molecule has 1 aliphatic carbocycles. The van der Waals surface area contributed by atoms with E-state index in [0.29, 0.717) is 19.1 Å². The monoisotopic (exact) mass is 287 g/mol. The smallest absolute Gasteiger partial charge is 0.243 e. The minimum absolute atomic E-state index is 0.00741. The fraction of sp³-hybridized carbons (Fsp3) is 0.500. The number of para-hydroxylation sites is 1. The molecule has 3 rings (SSSR count). The second-order valence-electron chi connectivity index (χ2n) is 5.98. The van der Waals surface area contributed by atoms with Crippen LogP contribution in [0.2, 0.25) is 0 Å². The van der Waals surface area contributed by atoms with Gasteiger partial charge in [-0.3, -0.25) is 9.59 Å². The molecule has 112 valence electrons. The fourth-order valence-electron chi connectivity index (χ4n) is 2.61. The van der Waals surface area contributed by atoms with Gasteiger partial charge in [-0.1, -0.05) is 18.2 Å². The van der Waals surface area contributed by atoms with E-state index in [-0.39, 0.29) is 18.4 Å². The molecule has 0 radical (unpaired) electrons. The number of likely N-dealkylation sites (N-methyl/N-ethyl adjacent to an activating group) is 1. The van der Waals surface area contributed by atoms with E-state index in [1.807, 2.05) is 47.2 Å². The van der Waals surface area contributed by atoms with Crippen molar-refractivity contribution in [1.29, 1.82) is 0 Å². The lowest BCUT2D eigenvalue weighted by Gasteiger charge is -2.23. The number of hydrogen-bond acceptors (Lipinski definition) is 3. The number of carbonyl (C=O) groups excluding carboxylic acids is 2. The Bertz CT molecular complexity index is 528. The van der Waals surface area contributed by atoms with Crippen LogP contribution in [-0.4, -0.2) is 55.0 Å². The van der Waals surface area contributed by atoms with E-state index in [0.717, 1.165) is 12.2 Å². The largest absolute Gasteiger partial charge is 0.365 e. The summed E-state index contributed by atoms with van der Waals surface area (Å²) in [6.45, 7) is 1.80. The molecule has 21 heavy (non-hydrogen) atoms. The Balaban J connectivity index is 1.54. The lowest BCUT2D eigenvalue weighted by molar-refractivity contribution is -0.130.